The highest BCUT2D eigenvalue weighted by Gasteiger charge is 2.27. The van der Waals surface area contributed by atoms with Crippen molar-refractivity contribution < 1.29 is 23.6 Å². The van der Waals surface area contributed by atoms with Crippen molar-refractivity contribution in [3.63, 3.8) is 0 Å². The zero-order chi connectivity index (χ0) is 24.1. The van der Waals surface area contributed by atoms with E-state index in [1.54, 1.807) is 19.1 Å². The van der Waals surface area contributed by atoms with Gasteiger partial charge in [-0.2, -0.15) is 0 Å². The molecule has 0 radical (unpaired) electrons. The maximum absolute atomic E-state index is 13.0. The van der Waals surface area contributed by atoms with Crippen LogP contribution in [0, 0.1) is 13.8 Å². The first-order valence-corrected chi connectivity index (χ1v) is 10.6. The van der Waals surface area contributed by atoms with Gasteiger partial charge in [-0.3, -0.25) is 4.57 Å². The smallest absolute Gasteiger partial charge is 0.420 e. The van der Waals surface area contributed by atoms with Gasteiger partial charge in [-0.15, -0.1) is 0 Å². The van der Waals surface area contributed by atoms with E-state index in [0.29, 0.717) is 39.2 Å². The highest BCUT2D eigenvalue weighted by molar-refractivity contribution is 6.10. The first-order chi connectivity index (χ1) is 16.3. The van der Waals surface area contributed by atoms with Gasteiger partial charge in [0, 0.05) is 10.9 Å². The van der Waals surface area contributed by atoms with Crippen molar-refractivity contribution in [2.45, 2.75) is 26.8 Å². The number of carboxylic acid groups (broad SMARTS) is 1. The molecule has 9 nitrogen and oxygen atoms in total. The number of methoxy groups -OCH3 is 1. The van der Waals surface area contributed by atoms with E-state index >= 15 is 0 Å². The summed E-state index contributed by atoms with van der Waals surface area (Å²) in [5.74, 6) is -0.875. The molecule has 0 aliphatic rings. The summed E-state index contributed by atoms with van der Waals surface area (Å²) in [5, 5.41) is 14.4. The van der Waals surface area contributed by atoms with Crippen LogP contribution in [-0.4, -0.2) is 32.9 Å². The molecule has 172 valence electrons. The molecule has 0 fully saturated rings. The highest BCUT2D eigenvalue weighted by atomic mass is 16.5. The van der Waals surface area contributed by atoms with Gasteiger partial charge >= 0.3 is 11.7 Å². The number of hydrogen-bond acceptors (Lipinski definition) is 7. The number of aromatic carboxylic acids is 1. The fourth-order valence-electron chi connectivity index (χ4n) is 4.43. The molecule has 9 heteroatoms. The SMILES string of the molecule is COc1cc2c(cc1-c1c(C)noc1C)nc(C(=O)O)c1oc(=O)n([C@H](C)c3ccccc3)c12. The normalized spacial score (nSPS) is 12.4. The van der Waals surface area contributed by atoms with Gasteiger partial charge < -0.3 is 18.8 Å². The van der Waals surface area contributed by atoms with E-state index < -0.39 is 17.8 Å². The second-order valence-corrected chi connectivity index (χ2v) is 8.04. The van der Waals surface area contributed by atoms with Gasteiger partial charge in [0.05, 0.1) is 29.9 Å². The summed E-state index contributed by atoms with van der Waals surface area (Å²) in [6.07, 6.45) is 0. The standard InChI is InChI=1S/C25H21N3O6/c1-12-20(14(3)34-27-12)17-10-18-16(11-19(17)32-4)22-23(21(26-18)24(29)30)33-25(31)28(22)13(2)15-8-6-5-7-9-15/h5-11,13H,1-4H3,(H,29,30)/t13-/m1/s1. The third-order valence-corrected chi connectivity index (χ3v) is 6.04. The van der Waals surface area contributed by atoms with Gasteiger partial charge in [-0.05, 0) is 38.5 Å². The van der Waals surface area contributed by atoms with Crippen molar-refractivity contribution in [2.75, 3.05) is 7.11 Å². The third kappa shape index (κ3) is 3.16. The van der Waals surface area contributed by atoms with Crippen LogP contribution in [0.3, 0.4) is 0 Å². The molecule has 0 amide bonds. The van der Waals surface area contributed by atoms with E-state index in [2.05, 4.69) is 10.1 Å². The Balaban J connectivity index is 1.91. The molecule has 1 N–H and O–H groups in total. The molecule has 1 atom stereocenters. The Morgan fingerprint density at radius 1 is 1.18 bits per heavy atom. The summed E-state index contributed by atoms with van der Waals surface area (Å²) >= 11 is 0. The molecule has 34 heavy (non-hydrogen) atoms. The Morgan fingerprint density at radius 3 is 2.53 bits per heavy atom. The number of pyridine rings is 1. The maximum atomic E-state index is 13.0. The average molecular weight is 459 g/mol. The summed E-state index contributed by atoms with van der Waals surface area (Å²) in [7, 11) is 1.54. The fraction of sp³-hybridized carbons (Fsp3) is 0.200. The van der Waals surface area contributed by atoms with E-state index in [1.807, 2.05) is 44.2 Å². The molecule has 3 heterocycles. The quantitative estimate of drug-likeness (QED) is 0.400. The minimum absolute atomic E-state index is 0.0834. The summed E-state index contributed by atoms with van der Waals surface area (Å²) in [6, 6.07) is 12.5. The summed E-state index contributed by atoms with van der Waals surface area (Å²) < 4.78 is 17.9. The Bertz CT molecular complexity index is 1610. The lowest BCUT2D eigenvalue weighted by atomic mass is 9.99. The number of aromatic nitrogens is 3. The molecule has 2 aromatic carbocycles. The van der Waals surface area contributed by atoms with E-state index in [9.17, 15) is 14.7 Å². The number of rotatable bonds is 5. The van der Waals surface area contributed by atoms with Crippen molar-refractivity contribution in [3.8, 4) is 16.9 Å². The van der Waals surface area contributed by atoms with Gasteiger partial charge in [-0.25, -0.2) is 14.6 Å². The molecule has 0 spiro atoms. The van der Waals surface area contributed by atoms with Crippen molar-refractivity contribution in [3.05, 3.63) is 75.7 Å². The molecule has 0 unspecified atom stereocenters. The van der Waals surface area contributed by atoms with Crippen LogP contribution in [0.4, 0.5) is 0 Å². The van der Waals surface area contributed by atoms with Crippen LogP contribution in [0.1, 0.15) is 40.5 Å². The first-order valence-electron chi connectivity index (χ1n) is 10.6. The van der Waals surface area contributed by atoms with Gasteiger partial charge in [0.25, 0.3) is 0 Å². The third-order valence-electron chi connectivity index (χ3n) is 6.04. The lowest BCUT2D eigenvalue weighted by Crippen LogP contribution is -2.19. The van der Waals surface area contributed by atoms with E-state index in [1.165, 1.54) is 11.7 Å². The summed E-state index contributed by atoms with van der Waals surface area (Å²) in [4.78, 5) is 29.4. The van der Waals surface area contributed by atoms with Crippen molar-refractivity contribution in [1.82, 2.24) is 14.7 Å². The number of hydrogen-bond donors (Lipinski definition) is 1. The number of carboxylic acids is 1. The van der Waals surface area contributed by atoms with Crippen LogP contribution in [-0.2, 0) is 0 Å². The highest BCUT2D eigenvalue weighted by Crippen LogP contribution is 2.40. The molecule has 5 aromatic rings. The molecular weight excluding hydrogens is 438 g/mol. The molecule has 0 saturated heterocycles. The van der Waals surface area contributed by atoms with Crippen LogP contribution >= 0.6 is 0 Å². The first kappa shape index (κ1) is 21.4. The molecule has 0 bridgehead atoms. The average Bonchev–Trinajstić information content (AvgIpc) is 3.35. The molecule has 0 aliphatic heterocycles. The Kier molecular flexibility index (Phi) is 4.97. The topological polar surface area (TPSA) is 121 Å². The minimum Gasteiger partial charge on any atom is -0.496 e. The van der Waals surface area contributed by atoms with Crippen molar-refractivity contribution >= 4 is 28.0 Å². The van der Waals surface area contributed by atoms with Gasteiger partial charge in [-0.1, -0.05) is 35.5 Å². The molecule has 5 rings (SSSR count). The Labute approximate surface area is 193 Å². The number of fused-ring (bicyclic) bond motifs is 3. The fourth-order valence-corrected chi connectivity index (χ4v) is 4.43. The monoisotopic (exact) mass is 459 g/mol. The largest absolute Gasteiger partial charge is 0.496 e. The Hall–Kier alpha value is -4.40. The number of carbonyl (C=O) groups is 1. The predicted octanol–water partition coefficient (Wildman–Crippen LogP) is 4.73. The van der Waals surface area contributed by atoms with Crippen LogP contribution in [0.5, 0.6) is 5.75 Å². The van der Waals surface area contributed by atoms with Gasteiger partial charge in [0.15, 0.2) is 11.3 Å². The van der Waals surface area contributed by atoms with Crippen LogP contribution in [0.15, 0.2) is 56.2 Å². The second-order valence-electron chi connectivity index (χ2n) is 8.04. The maximum Gasteiger partial charge on any atom is 0.420 e. The minimum atomic E-state index is -1.30. The second kappa shape index (κ2) is 7.87. The Morgan fingerprint density at radius 2 is 1.91 bits per heavy atom. The van der Waals surface area contributed by atoms with E-state index in [-0.39, 0.29) is 11.3 Å². The lowest BCUT2D eigenvalue weighted by Gasteiger charge is -2.15. The number of nitrogens with zero attached hydrogens (tertiary/aromatic N) is 3. The van der Waals surface area contributed by atoms with Crippen LogP contribution in [0.25, 0.3) is 33.1 Å². The van der Waals surface area contributed by atoms with Gasteiger partial charge in [0.2, 0.25) is 0 Å². The number of ether oxygens (including phenoxy) is 1. The molecular formula is C25H21N3O6. The number of aryl methyl sites for hydroxylation is 2. The summed E-state index contributed by atoms with van der Waals surface area (Å²) in [5.41, 5.74) is 3.21. The van der Waals surface area contributed by atoms with Crippen molar-refractivity contribution in [2.24, 2.45) is 0 Å². The zero-order valence-electron chi connectivity index (χ0n) is 18.9. The predicted molar refractivity (Wildman–Crippen MR) is 125 cm³/mol. The van der Waals surface area contributed by atoms with Crippen LogP contribution < -0.4 is 10.5 Å². The van der Waals surface area contributed by atoms with Crippen molar-refractivity contribution in [1.29, 1.82) is 0 Å². The molecule has 3 aromatic heterocycles. The lowest BCUT2D eigenvalue weighted by molar-refractivity contribution is 0.0692. The van der Waals surface area contributed by atoms with E-state index in [0.717, 1.165) is 11.1 Å². The number of oxazole rings is 1. The number of benzene rings is 2. The van der Waals surface area contributed by atoms with Crippen LogP contribution in [0.2, 0.25) is 0 Å². The molecule has 0 aliphatic carbocycles. The van der Waals surface area contributed by atoms with E-state index in [4.69, 9.17) is 13.7 Å². The van der Waals surface area contributed by atoms with Gasteiger partial charge in [0.1, 0.15) is 17.0 Å². The molecule has 0 saturated carbocycles. The summed E-state index contributed by atoms with van der Waals surface area (Å²) in [6.45, 7) is 5.45. The zero-order valence-corrected chi connectivity index (χ0v) is 18.9.